The summed E-state index contributed by atoms with van der Waals surface area (Å²) < 4.78 is 11.6. The largest absolute Gasteiger partial charge is 0.583 e. The Kier molecular flexibility index (Phi) is 6.90. The lowest BCUT2D eigenvalue weighted by Gasteiger charge is -2.37. The zero-order valence-electron chi connectivity index (χ0n) is 24.3. The number of hydrogen-bond donors (Lipinski definition) is 2. The van der Waals surface area contributed by atoms with E-state index in [9.17, 15) is 9.82 Å². The minimum Gasteiger partial charge on any atom is -0.440 e. The van der Waals surface area contributed by atoms with Gasteiger partial charge in [0.2, 0.25) is 5.88 Å². The predicted molar refractivity (Wildman–Crippen MR) is 167 cm³/mol. The summed E-state index contributed by atoms with van der Waals surface area (Å²) in [6.45, 7) is 12.4. The first-order chi connectivity index (χ1) is 19.6. The number of piperidine rings is 1. The van der Waals surface area contributed by atoms with Crippen molar-refractivity contribution in [3.05, 3.63) is 87.1 Å². The van der Waals surface area contributed by atoms with Crippen molar-refractivity contribution >= 4 is 41.3 Å². The lowest BCUT2D eigenvalue weighted by Crippen LogP contribution is -2.38. The van der Waals surface area contributed by atoms with E-state index in [1.807, 2.05) is 50.2 Å². The van der Waals surface area contributed by atoms with E-state index < -0.39 is 7.12 Å². The van der Waals surface area contributed by atoms with Crippen molar-refractivity contribution in [3.8, 4) is 11.1 Å². The Bertz CT molecular complexity index is 1720. The molecule has 0 bridgehead atoms. The van der Waals surface area contributed by atoms with Gasteiger partial charge >= 0.3 is 7.12 Å². The topological polar surface area (TPSA) is 87.3 Å². The number of nitrogens with zero attached hydrogens (tertiary/aromatic N) is 2. The smallest absolute Gasteiger partial charge is 0.440 e. The molecule has 2 aliphatic heterocycles. The zero-order valence-corrected chi connectivity index (χ0v) is 24.3. The average Bonchev–Trinajstić information content (AvgIpc) is 2.95. The van der Waals surface area contributed by atoms with Crippen LogP contribution in [0.25, 0.3) is 22.1 Å². The van der Waals surface area contributed by atoms with Crippen LogP contribution in [-0.2, 0) is 4.76 Å². The van der Waals surface area contributed by atoms with Crippen molar-refractivity contribution in [3.63, 3.8) is 0 Å². The van der Waals surface area contributed by atoms with Crippen LogP contribution >= 0.6 is 0 Å². The van der Waals surface area contributed by atoms with Crippen LogP contribution in [0.4, 0.5) is 11.6 Å². The van der Waals surface area contributed by atoms with Crippen molar-refractivity contribution in [2.45, 2.75) is 53.5 Å². The number of para-hydroxylation sites is 1. The van der Waals surface area contributed by atoms with Crippen LogP contribution < -0.4 is 21.1 Å². The molecular formula is C33H36BN3O4. The van der Waals surface area contributed by atoms with Crippen LogP contribution in [0.5, 0.6) is 0 Å². The highest BCUT2D eigenvalue weighted by Gasteiger charge is 2.29. The van der Waals surface area contributed by atoms with Gasteiger partial charge in [-0.05, 0) is 73.9 Å². The summed E-state index contributed by atoms with van der Waals surface area (Å²) in [7, 11) is -1.06. The maximum absolute atomic E-state index is 13.6. The molecule has 41 heavy (non-hydrogen) atoms. The van der Waals surface area contributed by atoms with Crippen molar-refractivity contribution in [2.75, 3.05) is 23.3 Å². The van der Waals surface area contributed by atoms with Crippen molar-refractivity contribution in [2.24, 2.45) is 10.6 Å². The molecule has 0 aliphatic carbocycles. The molecule has 1 fully saturated rings. The van der Waals surface area contributed by atoms with Gasteiger partial charge in [0, 0.05) is 35.4 Å². The van der Waals surface area contributed by atoms with Gasteiger partial charge in [0.05, 0.1) is 23.2 Å². The molecule has 1 saturated heterocycles. The first kappa shape index (κ1) is 27.2. The van der Waals surface area contributed by atoms with Gasteiger partial charge in [0.1, 0.15) is 5.58 Å². The second-order valence-electron chi connectivity index (χ2n) is 12.2. The van der Waals surface area contributed by atoms with Crippen LogP contribution in [0.3, 0.4) is 0 Å². The Balaban J connectivity index is 1.38. The fourth-order valence-corrected chi connectivity index (χ4v) is 5.95. The molecule has 3 aromatic carbocycles. The Labute approximate surface area is 241 Å². The number of aryl methyl sites for hydroxylation is 1. The molecule has 0 radical (unpaired) electrons. The van der Waals surface area contributed by atoms with Crippen molar-refractivity contribution < 1.29 is 14.2 Å². The highest BCUT2D eigenvalue weighted by molar-refractivity contribution is 6.62. The van der Waals surface area contributed by atoms with Crippen LogP contribution in [0.1, 0.15) is 61.9 Å². The highest BCUT2D eigenvalue weighted by Crippen LogP contribution is 2.37. The molecule has 1 atom stereocenters. The number of benzene rings is 3. The van der Waals surface area contributed by atoms with Crippen LogP contribution in [0, 0.1) is 19.3 Å². The highest BCUT2D eigenvalue weighted by atomic mass is 16.6. The van der Waals surface area contributed by atoms with Gasteiger partial charge in [-0.1, -0.05) is 50.2 Å². The van der Waals surface area contributed by atoms with Gasteiger partial charge in [0.15, 0.2) is 5.43 Å². The standard InChI is InChI=1S/C33H36BN3O4/c1-20-16-26(31-27(17-20)30(38)21(2)32(40-31)37-14-12-33(4,5)13-15-37)22(3)36-29-9-7-6-8-25(29)23-10-11-28-24(18-23)19-35-41-34(28)39/h6-11,16-19,22,36,39H,12-15H2,1-5H3. The molecular weight excluding hydrogens is 513 g/mol. The van der Waals surface area contributed by atoms with E-state index in [2.05, 4.69) is 54.3 Å². The Morgan fingerprint density at radius 1 is 1.07 bits per heavy atom. The summed E-state index contributed by atoms with van der Waals surface area (Å²) in [5, 5.41) is 18.2. The van der Waals surface area contributed by atoms with E-state index in [4.69, 9.17) is 9.17 Å². The second kappa shape index (κ2) is 10.4. The summed E-state index contributed by atoms with van der Waals surface area (Å²) in [4.78, 5) is 15.9. The minimum absolute atomic E-state index is 0.0329. The molecule has 2 N–H and O–H groups in total. The molecule has 2 aliphatic rings. The van der Waals surface area contributed by atoms with Crippen molar-refractivity contribution in [1.82, 2.24) is 0 Å². The van der Waals surface area contributed by atoms with Gasteiger partial charge in [-0.3, -0.25) is 4.79 Å². The first-order valence-corrected chi connectivity index (χ1v) is 14.3. The van der Waals surface area contributed by atoms with Gasteiger partial charge in [-0.25, -0.2) is 0 Å². The maximum Gasteiger partial charge on any atom is 0.583 e. The van der Waals surface area contributed by atoms with Gasteiger partial charge in [-0.15, -0.1) is 5.16 Å². The minimum atomic E-state index is -1.06. The number of oxime groups is 1. The predicted octanol–water partition coefficient (Wildman–Crippen LogP) is 5.93. The third-order valence-corrected chi connectivity index (χ3v) is 8.55. The molecule has 4 aromatic rings. The zero-order chi connectivity index (χ0) is 28.9. The first-order valence-electron chi connectivity index (χ1n) is 14.3. The van der Waals surface area contributed by atoms with E-state index in [1.54, 1.807) is 6.21 Å². The number of hydrogen-bond acceptors (Lipinski definition) is 7. The number of anilines is 2. The van der Waals surface area contributed by atoms with E-state index in [1.165, 1.54) is 0 Å². The Hall–Kier alpha value is -4.04. The molecule has 0 amide bonds. The number of fused-ring (bicyclic) bond motifs is 2. The molecule has 210 valence electrons. The van der Waals surface area contributed by atoms with E-state index >= 15 is 0 Å². The van der Waals surface area contributed by atoms with Crippen molar-refractivity contribution in [1.29, 1.82) is 0 Å². The van der Waals surface area contributed by atoms with Gasteiger partial charge in [0.25, 0.3) is 0 Å². The van der Waals surface area contributed by atoms with E-state index in [0.717, 1.165) is 59.4 Å². The van der Waals surface area contributed by atoms with Crippen LogP contribution in [0.2, 0.25) is 0 Å². The Morgan fingerprint density at radius 3 is 2.61 bits per heavy atom. The molecule has 1 unspecified atom stereocenters. The monoisotopic (exact) mass is 549 g/mol. The summed E-state index contributed by atoms with van der Waals surface area (Å²) in [5.74, 6) is 0.692. The quantitative estimate of drug-likeness (QED) is 0.300. The fraction of sp³-hybridized carbons (Fsp3) is 0.333. The summed E-state index contributed by atoms with van der Waals surface area (Å²) in [5.41, 5.74) is 8.08. The van der Waals surface area contributed by atoms with Gasteiger partial charge < -0.3 is 24.4 Å². The molecule has 3 heterocycles. The normalized spacial score (nSPS) is 16.8. The van der Waals surface area contributed by atoms with E-state index in [-0.39, 0.29) is 11.5 Å². The fourth-order valence-electron chi connectivity index (χ4n) is 5.95. The van der Waals surface area contributed by atoms with Crippen LogP contribution in [-0.4, -0.2) is 31.4 Å². The molecule has 0 spiro atoms. The summed E-state index contributed by atoms with van der Waals surface area (Å²) >= 11 is 0. The second-order valence-corrected chi connectivity index (χ2v) is 12.2. The molecule has 0 saturated carbocycles. The summed E-state index contributed by atoms with van der Waals surface area (Å²) in [6.07, 6.45) is 3.74. The van der Waals surface area contributed by atoms with E-state index in [0.29, 0.717) is 33.3 Å². The molecule has 7 nitrogen and oxygen atoms in total. The molecule has 1 aromatic heterocycles. The average molecular weight is 549 g/mol. The number of nitrogens with one attached hydrogen (secondary N) is 1. The Morgan fingerprint density at radius 2 is 1.83 bits per heavy atom. The lowest BCUT2D eigenvalue weighted by atomic mass is 9.75. The molecule has 6 rings (SSSR count). The maximum atomic E-state index is 13.6. The summed E-state index contributed by atoms with van der Waals surface area (Å²) in [6, 6.07) is 17.9. The SMILES string of the molecule is Cc1cc(C(C)Nc2ccccc2-c2ccc3c(c2)C=NOB3O)c2oc(N3CCC(C)(C)CC3)c(C)c(=O)c2c1. The third-order valence-electron chi connectivity index (χ3n) is 8.55. The van der Waals surface area contributed by atoms with Crippen LogP contribution in [0.15, 0.2) is 69.0 Å². The van der Waals surface area contributed by atoms with Gasteiger partial charge in [-0.2, -0.15) is 0 Å². The molecule has 8 heteroatoms. The lowest BCUT2D eigenvalue weighted by molar-refractivity contribution is 0.274. The third kappa shape index (κ3) is 5.13. The number of rotatable bonds is 5.